The van der Waals surface area contributed by atoms with E-state index in [0.29, 0.717) is 11.8 Å². The van der Waals surface area contributed by atoms with Crippen molar-refractivity contribution >= 4 is 13.4 Å². The standard InChI is InChI=1S/C20H26BN/c1-6-10-20(5,14(2)3)18-8-7-16(21)13-17(18)19-12-15(4)9-11-22-19/h6-7,9-14,18H,8H2,1-5H3. The predicted molar refractivity (Wildman–Crippen MR) is 96.7 cm³/mol. The first kappa shape index (κ1) is 16.8. The van der Waals surface area contributed by atoms with Gasteiger partial charge in [-0.15, -0.1) is 5.47 Å². The summed E-state index contributed by atoms with van der Waals surface area (Å²) < 4.78 is 0. The second-order valence-electron chi connectivity index (χ2n) is 6.83. The molecule has 2 radical (unpaired) electrons. The van der Waals surface area contributed by atoms with Gasteiger partial charge in [-0.2, -0.15) is 0 Å². The summed E-state index contributed by atoms with van der Waals surface area (Å²) in [6.45, 7) is 11.1. The number of aromatic nitrogens is 1. The van der Waals surface area contributed by atoms with E-state index in [0.717, 1.165) is 17.6 Å². The van der Waals surface area contributed by atoms with Crippen LogP contribution in [0.25, 0.3) is 5.57 Å². The zero-order valence-electron chi connectivity index (χ0n) is 14.4. The molecule has 0 N–H and O–H groups in total. The molecule has 2 heteroatoms. The van der Waals surface area contributed by atoms with Gasteiger partial charge >= 0.3 is 0 Å². The lowest BCUT2D eigenvalue weighted by atomic mass is 9.62. The first-order valence-corrected chi connectivity index (χ1v) is 8.12. The number of nitrogens with zero attached hydrogens (tertiary/aromatic N) is 1. The molecule has 0 spiro atoms. The molecule has 0 aromatic carbocycles. The van der Waals surface area contributed by atoms with Crippen molar-refractivity contribution in [2.45, 2.75) is 41.0 Å². The van der Waals surface area contributed by atoms with Crippen LogP contribution >= 0.6 is 0 Å². The highest BCUT2D eigenvalue weighted by Gasteiger charge is 2.38. The third-order valence-corrected chi connectivity index (χ3v) is 5.02. The minimum absolute atomic E-state index is 0.0865. The van der Waals surface area contributed by atoms with E-state index in [1.807, 2.05) is 12.3 Å². The number of hydrogen-bond acceptors (Lipinski definition) is 1. The van der Waals surface area contributed by atoms with Crippen molar-refractivity contribution in [3.63, 3.8) is 0 Å². The molecule has 0 bridgehead atoms. The summed E-state index contributed by atoms with van der Waals surface area (Å²) in [5, 5.41) is 0. The van der Waals surface area contributed by atoms with Crippen LogP contribution in [0, 0.1) is 24.2 Å². The van der Waals surface area contributed by atoms with Crippen LogP contribution in [0.5, 0.6) is 0 Å². The summed E-state index contributed by atoms with van der Waals surface area (Å²) in [5.74, 6) is 0.930. The smallest absolute Gasteiger partial charge is 0.113 e. The van der Waals surface area contributed by atoms with Gasteiger partial charge in [0.1, 0.15) is 7.85 Å². The Morgan fingerprint density at radius 1 is 1.41 bits per heavy atom. The Hall–Kier alpha value is -1.57. The van der Waals surface area contributed by atoms with Crippen LogP contribution in [-0.4, -0.2) is 12.8 Å². The Morgan fingerprint density at radius 3 is 2.73 bits per heavy atom. The number of rotatable bonds is 4. The van der Waals surface area contributed by atoms with E-state index >= 15 is 0 Å². The van der Waals surface area contributed by atoms with Crippen LogP contribution in [0.1, 0.15) is 45.4 Å². The Kier molecular flexibility index (Phi) is 5.10. The zero-order chi connectivity index (χ0) is 16.3. The molecular formula is C20H26BN. The lowest BCUT2D eigenvalue weighted by Gasteiger charge is -2.41. The van der Waals surface area contributed by atoms with Gasteiger partial charge in [-0.1, -0.05) is 45.1 Å². The van der Waals surface area contributed by atoms with Crippen molar-refractivity contribution in [3.05, 3.63) is 59.4 Å². The SMILES string of the molecule is [B]C1=CCC(C(C)(C=CC)C(C)C)C(c2cc(C)ccn2)=C1. The third kappa shape index (κ3) is 3.26. The van der Waals surface area contributed by atoms with Crippen molar-refractivity contribution in [3.8, 4) is 0 Å². The van der Waals surface area contributed by atoms with E-state index in [9.17, 15) is 0 Å². The summed E-state index contributed by atoms with van der Waals surface area (Å²) in [6.07, 6.45) is 11.6. The molecule has 0 fully saturated rings. The Balaban J connectivity index is 2.53. The fourth-order valence-electron chi connectivity index (χ4n) is 3.33. The van der Waals surface area contributed by atoms with Crippen LogP contribution in [-0.2, 0) is 0 Å². The lowest BCUT2D eigenvalue weighted by molar-refractivity contribution is 0.221. The molecule has 22 heavy (non-hydrogen) atoms. The van der Waals surface area contributed by atoms with Gasteiger partial charge < -0.3 is 0 Å². The molecule has 2 rings (SSSR count). The molecule has 1 nitrogen and oxygen atoms in total. The maximum Gasteiger partial charge on any atom is 0.113 e. The van der Waals surface area contributed by atoms with Gasteiger partial charge in [0, 0.05) is 6.20 Å². The number of hydrogen-bond donors (Lipinski definition) is 0. The average Bonchev–Trinajstić information content (AvgIpc) is 2.47. The number of allylic oxidation sites excluding steroid dienone is 6. The lowest BCUT2D eigenvalue weighted by Crippen LogP contribution is -2.33. The van der Waals surface area contributed by atoms with Crippen molar-refractivity contribution in [1.82, 2.24) is 4.98 Å². The van der Waals surface area contributed by atoms with Gasteiger partial charge in [0.15, 0.2) is 0 Å². The average molecular weight is 291 g/mol. The summed E-state index contributed by atoms with van der Waals surface area (Å²) in [6, 6.07) is 4.20. The minimum Gasteiger partial charge on any atom is -0.257 e. The molecule has 2 unspecified atom stereocenters. The summed E-state index contributed by atoms with van der Waals surface area (Å²) in [5.41, 5.74) is 4.48. The van der Waals surface area contributed by atoms with Crippen LogP contribution in [0.4, 0.5) is 0 Å². The molecule has 114 valence electrons. The van der Waals surface area contributed by atoms with Gasteiger partial charge in [0.25, 0.3) is 0 Å². The Bertz CT molecular complexity index is 624. The summed E-state index contributed by atoms with van der Waals surface area (Å²) >= 11 is 0. The van der Waals surface area contributed by atoms with Crippen LogP contribution in [0.15, 0.2) is 48.1 Å². The van der Waals surface area contributed by atoms with Gasteiger partial charge in [-0.3, -0.25) is 4.98 Å². The minimum atomic E-state index is 0.0865. The molecule has 1 heterocycles. The van der Waals surface area contributed by atoms with E-state index < -0.39 is 0 Å². The number of aryl methyl sites for hydroxylation is 1. The molecule has 1 aliphatic carbocycles. The topological polar surface area (TPSA) is 12.9 Å². The molecule has 1 aliphatic rings. The van der Waals surface area contributed by atoms with E-state index in [-0.39, 0.29) is 5.41 Å². The third-order valence-electron chi connectivity index (χ3n) is 5.02. The van der Waals surface area contributed by atoms with Crippen molar-refractivity contribution in [2.75, 3.05) is 0 Å². The highest BCUT2D eigenvalue weighted by Crippen LogP contribution is 2.47. The van der Waals surface area contributed by atoms with Crippen molar-refractivity contribution in [1.29, 1.82) is 0 Å². The van der Waals surface area contributed by atoms with E-state index in [4.69, 9.17) is 7.85 Å². The Labute approximate surface area is 136 Å². The zero-order valence-corrected chi connectivity index (χ0v) is 14.4. The second kappa shape index (κ2) is 6.68. The Morgan fingerprint density at radius 2 is 2.14 bits per heavy atom. The highest BCUT2D eigenvalue weighted by atomic mass is 14.7. The molecule has 0 saturated heterocycles. The van der Waals surface area contributed by atoms with Crippen LogP contribution in [0.2, 0.25) is 0 Å². The van der Waals surface area contributed by atoms with Crippen LogP contribution in [0.3, 0.4) is 0 Å². The fourth-order valence-corrected chi connectivity index (χ4v) is 3.33. The van der Waals surface area contributed by atoms with E-state index in [1.54, 1.807) is 0 Å². The first-order chi connectivity index (χ1) is 10.4. The largest absolute Gasteiger partial charge is 0.257 e. The van der Waals surface area contributed by atoms with Gasteiger partial charge in [-0.25, -0.2) is 0 Å². The second-order valence-corrected chi connectivity index (χ2v) is 6.83. The van der Waals surface area contributed by atoms with Gasteiger partial charge in [0.05, 0.1) is 5.69 Å². The monoisotopic (exact) mass is 291 g/mol. The van der Waals surface area contributed by atoms with Gasteiger partial charge in [0.2, 0.25) is 0 Å². The molecular weight excluding hydrogens is 265 g/mol. The summed E-state index contributed by atoms with van der Waals surface area (Å²) in [4.78, 5) is 4.61. The maximum atomic E-state index is 6.10. The maximum absolute atomic E-state index is 6.10. The fraction of sp³-hybridized carbons (Fsp3) is 0.450. The van der Waals surface area contributed by atoms with E-state index in [2.05, 4.69) is 70.0 Å². The van der Waals surface area contributed by atoms with Crippen molar-refractivity contribution < 1.29 is 0 Å². The van der Waals surface area contributed by atoms with E-state index in [1.165, 1.54) is 11.1 Å². The molecule has 0 aliphatic heterocycles. The van der Waals surface area contributed by atoms with Crippen LogP contribution < -0.4 is 0 Å². The summed E-state index contributed by atoms with van der Waals surface area (Å²) in [7, 11) is 6.10. The normalized spacial score (nSPS) is 21.6. The molecule has 0 saturated carbocycles. The first-order valence-electron chi connectivity index (χ1n) is 8.12. The number of pyridine rings is 1. The van der Waals surface area contributed by atoms with Gasteiger partial charge in [-0.05, 0) is 60.8 Å². The molecule has 1 aromatic heterocycles. The molecule has 1 aromatic rings. The molecule has 0 amide bonds. The highest BCUT2D eigenvalue weighted by molar-refractivity contribution is 6.24. The predicted octanol–water partition coefficient (Wildman–Crippen LogP) is 5.08. The van der Waals surface area contributed by atoms with Crippen molar-refractivity contribution in [2.24, 2.45) is 17.3 Å². The molecule has 2 atom stereocenters. The quantitative estimate of drug-likeness (QED) is 0.556.